The Morgan fingerprint density at radius 1 is 1.41 bits per heavy atom. The second-order valence-corrected chi connectivity index (χ2v) is 4.73. The summed E-state index contributed by atoms with van der Waals surface area (Å²) in [5.41, 5.74) is 0.912. The Labute approximate surface area is 130 Å². The molecule has 1 aliphatic rings. The highest BCUT2D eigenvalue weighted by molar-refractivity contribution is 5.28. The van der Waals surface area contributed by atoms with E-state index in [4.69, 9.17) is 24.1 Å². The molecule has 0 radical (unpaired) electrons. The van der Waals surface area contributed by atoms with E-state index in [2.05, 4.69) is 18.6 Å². The van der Waals surface area contributed by atoms with Crippen molar-refractivity contribution >= 4 is 0 Å². The molecule has 2 rings (SSSR count). The van der Waals surface area contributed by atoms with Crippen LogP contribution in [0.25, 0.3) is 0 Å². The second kappa shape index (κ2) is 8.44. The van der Waals surface area contributed by atoms with Crippen molar-refractivity contribution in [2.75, 3.05) is 20.3 Å². The first kappa shape index (κ1) is 16.4. The van der Waals surface area contributed by atoms with E-state index in [1.54, 1.807) is 13.2 Å². The predicted molar refractivity (Wildman–Crippen MR) is 81.1 cm³/mol. The van der Waals surface area contributed by atoms with Gasteiger partial charge in [-0.1, -0.05) is 18.2 Å². The summed E-state index contributed by atoms with van der Waals surface area (Å²) < 4.78 is 22.2. The number of aliphatic hydroxyl groups is 1. The van der Waals surface area contributed by atoms with Crippen LogP contribution in [0.2, 0.25) is 0 Å². The number of hydrogen-bond donors (Lipinski definition) is 1. The standard InChI is InChI=1S/C17H20O5/c1-3-5-15-16(20-11-4-10-18)12-21-17(22-15)13-6-8-14(19-2)9-7-13/h3,6-9,15-18H,1,5,10,12H2,2H3/t15-,16+,17+/m0/s1. The molecule has 5 nitrogen and oxygen atoms in total. The third-order valence-corrected chi connectivity index (χ3v) is 3.27. The van der Waals surface area contributed by atoms with Gasteiger partial charge < -0.3 is 24.1 Å². The first-order valence-corrected chi connectivity index (χ1v) is 7.04. The fraction of sp³-hybridized carbons (Fsp3) is 0.412. The molecule has 0 spiro atoms. The van der Waals surface area contributed by atoms with Gasteiger partial charge in [-0.2, -0.15) is 0 Å². The maximum atomic E-state index is 8.66. The molecule has 1 N–H and O–H groups in total. The minimum Gasteiger partial charge on any atom is -0.497 e. The van der Waals surface area contributed by atoms with Gasteiger partial charge >= 0.3 is 0 Å². The summed E-state index contributed by atoms with van der Waals surface area (Å²) in [6.07, 6.45) is 3.88. The minimum atomic E-state index is -0.457. The smallest absolute Gasteiger partial charge is 0.184 e. The summed E-state index contributed by atoms with van der Waals surface area (Å²) in [7, 11) is 1.62. The number of hydrogen-bond acceptors (Lipinski definition) is 5. The lowest BCUT2D eigenvalue weighted by atomic mass is 10.1. The highest BCUT2D eigenvalue weighted by Crippen LogP contribution is 2.30. The number of rotatable bonds is 5. The summed E-state index contributed by atoms with van der Waals surface area (Å²) in [6, 6.07) is 7.53. The molecule has 0 aromatic heterocycles. The van der Waals surface area contributed by atoms with Crippen LogP contribution >= 0.6 is 0 Å². The molecule has 3 atom stereocenters. The zero-order valence-corrected chi connectivity index (χ0v) is 12.5. The van der Waals surface area contributed by atoms with Crippen LogP contribution in [0.3, 0.4) is 0 Å². The summed E-state index contributed by atoms with van der Waals surface area (Å²) >= 11 is 0. The van der Waals surface area contributed by atoms with E-state index in [0.717, 1.165) is 11.3 Å². The van der Waals surface area contributed by atoms with Gasteiger partial charge in [0.2, 0.25) is 0 Å². The average Bonchev–Trinajstić information content (AvgIpc) is 2.57. The number of methoxy groups -OCH3 is 1. The molecule has 1 aliphatic heterocycles. The first-order chi connectivity index (χ1) is 10.8. The zero-order chi connectivity index (χ0) is 15.8. The lowest BCUT2D eigenvalue weighted by Crippen LogP contribution is -2.41. The van der Waals surface area contributed by atoms with Crippen molar-refractivity contribution in [3.8, 4) is 17.8 Å². The third-order valence-electron chi connectivity index (χ3n) is 3.27. The van der Waals surface area contributed by atoms with Crippen LogP contribution in [-0.4, -0.2) is 37.6 Å². The molecule has 22 heavy (non-hydrogen) atoms. The normalized spacial score (nSPS) is 24.0. The molecule has 5 heteroatoms. The Balaban J connectivity index is 2.03. The molecule has 0 aliphatic carbocycles. The van der Waals surface area contributed by atoms with Gasteiger partial charge in [0.15, 0.2) is 12.4 Å². The first-order valence-electron chi connectivity index (χ1n) is 7.04. The molecule has 0 bridgehead atoms. The van der Waals surface area contributed by atoms with Gasteiger partial charge in [-0.15, -0.1) is 6.58 Å². The lowest BCUT2D eigenvalue weighted by Gasteiger charge is -2.35. The molecule has 0 unspecified atom stereocenters. The molecular formula is C17H20O5. The van der Waals surface area contributed by atoms with Crippen molar-refractivity contribution in [3.63, 3.8) is 0 Å². The van der Waals surface area contributed by atoms with E-state index in [9.17, 15) is 0 Å². The molecule has 118 valence electrons. The Morgan fingerprint density at radius 2 is 2.18 bits per heavy atom. The molecule has 1 saturated heterocycles. The van der Waals surface area contributed by atoms with Gasteiger partial charge in [0.25, 0.3) is 0 Å². The maximum Gasteiger partial charge on any atom is 0.184 e. The van der Waals surface area contributed by atoms with Crippen molar-refractivity contribution < 1.29 is 24.1 Å². The van der Waals surface area contributed by atoms with Crippen LogP contribution in [0.15, 0.2) is 36.9 Å². The summed E-state index contributed by atoms with van der Waals surface area (Å²) in [5.74, 6) is 3.23. The molecule has 0 amide bonds. The Hall–Kier alpha value is -2.00. The highest BCUT2D eigenvalue weighted by Gasteiger charge is 2.33. The summed E-state index contributed by atoms with van der Waals surface area (Å²) in [5, 5.41) is 8.66. The van der Waals surface area contributed by atoms with Crippen LogP contribution in [0.5, 0.6) is 5.75 Å². The van der Waals surface area contributed by atoms with E-state index in [-0.39, 0.29) is 18.8 Å². The van der Waals surface area contributed by atoms with Crippen LogP contribution in [-0.2, 0) is 14.2 Å². The molecule has 1 heterocycles. The Bertz CT molecular complexity index is 528. The van der Waals surface area contributed by atoms with Gasteiger partial charge in [-0.3, -0.25) is 0 Å². The SMILES string of the molecule is C=CC[C@@H]1O[C@H](c2ccc(OC)cc2)OC[C@H]1OC#CCO. The van der Waals surface area contributed by atoms with Crippen LogP contribution in [0.4, 0.5) is 0 Å². The van der Waals surface area contributed by atoms with Crippen LogP contribution in [0, 0.1) is 12.0 Å². The van der Waals surface area contributed by atoms with Gasteiger partial charge in [0.05, 0.1) is 13.7 Å². The Morgan fingerprint density at radius 3 is 2.82 bits per heavy atom. The predicted octanol–water partition coefficient (Wildman–Crippen LogP) is 2.02. The average molecular weight is 304 g/mol. The topological polar surface area (TPSA) is 57.2 Å². The van der Waals surface area contributed by atoms with E-state index < -0.39 is 6.29 Å². The number of aliphatic hydroxyl groups excluding tert-OH is 1. The quantitative estimate of drug-likeness (QED) is 0.666. The van der Waals surface area contributed by atoms with E-state index in [0.29, 0.717) is 13.0 Å². The van der Waals surface area contributed by atoms with Gasteiger partial charge in [-0.05, 0) is 24.5 Å². The molecule has 1 fully saturated rings. The largest absolute Gasteiger partial charge is 0.497 e. The fourth-order valence-corrected chi connectivity index (χ4v) is 2.14. The van der Waals surface area contributed by atoms with Crippen molar-refractivity contribution in [1.82, 2.24) is 0 Å². The monoisotopic (exact) mass is 304 g/mol. The molecule has 0 saturated carbocycles. The molecule has 1 aromatic rings. The zero-order valence-electron chi connectivity index (χ0n) is 12.5. The summed E-state index contributed by atoms with van der Waals surface area (Å²) in [4.78, 5) is 0. The summed E-state index contributed by atoms with van der Waals surface area (Å²) in [6.45, 7) is 3.85. The van der Waals surface area contributed by atoms with Crippen LogP contribution in [0.1, 0.15) is 18.3 Å². The van der Waals surface area contributed by atoms with E-state index in [1.807, 2.05) is 24.3 Å². The third kappa shape index (κ3) is 4.25. The molecule has 1 aromatic carbocycles. The highest BCUT2D eigenvalue weighted by atomic mass is 16.7. The van der Waals surface area contributed by atoms with Crippen molar-refractivity contribution in [3.05, 3.63) is 42.5 Å². The maximum absolute atomic E-state index is 8.66. The number of ether oxygens (including phenoxy) is 4. The van der Waals surface area contributed by atoms with Crippen molar-refractivity contribution in [2.45, 2.75) is 24.9 Å². The second-order valence-electron chi connectivity index (χ2n) is 4.73. The van der Waals surface area contributed by atoms with Gasteiger partial charge in [0.1, 0.15) is 24.6 Å². The number of benzene rings is 1. The van der Waals surface area contributed by atoms with Crippen molar-refractivity contribution in [1.29, 1.82) is 0 Å². The fourth-order valence-electron chi connectivity index (χ4n) is 2.14. The molecular weight excluding hydrogens is 284 g/mol. The van der Waals surface area contributed by atoms with Crippen LogP contribution < -0.4 is 4.74 Å². The van der Waals surface area contributed by atoms with E-state index in [1.165, 1.54) is 0 Å². The lowest BCUT2D eigenvalue weighted by molar-refractivity contribution is -0.254. The van der Waals surface area contributed by atoms with Gasteiger partial charge in [-0.25, -0.2) is 0 Å². The van der Waals surface area contributed by atoms with Crippen molar-refractivity contribution in [2.24, 2.45) is 0 Å². The van der Waals surface area contributed by atoms with Gasteiger partial charge in [0, 0.05) is 5.56 Å². The van der Waals surface area contributed by atoms with E-state index >= 15 is 0 Å². The minimum absolute atomic E-state index is 0.202. The Kier molecular flexibility index (Phi) is 6.28.